The van der Waals surface area contributed by atoms with Gasteiger partial charge in [-0.2, -0.15) is 0 Å². The van der Waals surface area contributed by atoms with E-state index in [9.17, 15) is 20.1 Å². The Morgan fingerprint density at radius 2 is 1.72 bits per heavy atom. The van der Waals surface area contributed by atoms with Crippen molar-refractivity contribution in [2.75, 3.05) is 14.1 Å². The molecule has 3 fully saturated rings. The fraction of sp³-hybridized carbons (Fsp3) is 0.556. The number of nitrogens with zero attached hydrogens (tertiary/aromatic N) is 1. The van der Waals surface area contributed by atoms with Gasteiger partial charge >= 0.3 is 0 Å². The van der Waals surface area contributed by atoms with Crippen LogP contribution in [0.2, 0.25) is 5.02 Å². The smallest absolute Gasteiger partial charge is 0.239 e. The molecule has 0 spiro atoms. The number of ether oxygens (including phenoxy) is 3. The number of fused-ring (bicyclic) bond motifs is 2. The van der Waals surface area contributed by atoms with Crippen molar-refractivity contribution >= 4 is 17.5 Å². The summed E-state index contributed by atoms with van der Waals surface area (Å²) >= 11 is 5.97. The lowest BCUT2D eigenvalue weighted by molar-refractivity contribution is -0.449. The molecule has 11 nitrogen and oxygen atoms in total. The van der Waals surface area contributed by atoms with Gasteiger partial charge in [0.25, 0.3) is 0 Å². The second-order valence-corrected chi connectivity index (χ2v) is 10.8. The Morgan fingerprint density at radius 3 is 2.36 bits per heavy atom. The summed E-state index contributed by atoms with van der Waals surface area (Å²) in [6.07, 6.45) is -3.65. The van der Waals surface area contributed by atoms with Crippen LogP contribution in [0.4, 0.5) is 0 Å². The van der Waals surface area contributed by atoms with Gasteiger partial charge in [0.05, 0.1) is 36.8 Å². The number of likely N-dealkylation sites (N-methyl/N-ethyl adjacent to an activating group) is 2. The van der Waals surface area contributed by atoms with E-state index in [0.29, 0.717) is 10.7 Å². The molecule has 10 atom stereocenters. The number of aliphatic hydroxyl groups excluding tert-OH is 2. The first-order chi connectivity index (χ1) is 18.6. The Bertz CT molecular complexity index is 1160. The third-order valence-corrected chi connectivity index (χ3v) is 8.08. The van der Waals surface area contributed by atoms with Crippen LogP contribution in [-0.4, -0.2) is 101 Å². The highest BCUT2D eigenvalue weighted by atomic mass is 35.5. The van der Waals surface area contributed by atoms with Gasteiger partial charge in [-0.25, -0.2) is 0 Å². The lowest BCUT2D eigenvalue weighted by Crippen LogP contribution is -2.79. The molecule has 212 valence electrons. The van der Waals surface area contributed by atoms with Crippen molar-refractivity contribution in [1.82, 2.24) is 20.9 Å². The monoisotopic (exact) mass is 562 g/mol. The van der Waals surface area contributed by atoms with E-state index in [1.807, 2.05) is 18.2 Å². The number of rotatable bonds is 6. The molecule has 5 rings (SSSR count). The molecule has 1 saturated carbocycles. The van der Waals surface area contributed by atoms with Crippen molar-refractivity contribution in [3.8, 4) is 11.1 Å². The number of aliphatic hydroxyl groups is 3. The largest absolute Gasteiger partial charge is 0.390 e. The first-order valence-corrected chi connectivity index (χ1v) is 13.4. The molecular weight excluding hydrogens is 528 g/mol. The lowest BCUT2D eigenvalue weighted by Gasteiger charge is -2.58. The van der Waals surface area contributed by atoms with Gasteiger partial charge in [-0.05, 0) is 51.2 Å². The molecule has 1 amide bonds. The third-order valence-electron chi connectivity index (χ3n) is 7.83. The van der Waals surface area contributed by atoms with Crippen LogP contribution >= 0.6 is 11.6 Å². The molecule has 2 saturated heterocycles. The van der Waals surface area contributed by atoms with E-state index in [1.54, 1.807) is 45.4 Å². The summed E-state index contributed by atoms with van der Waals surface area (Å²) in [6.45, 7) is 1.80. The van der Waals surface area contributed by atoms with Crippen molar-refractivity contribution < 1.29 is 34.3 Å². The number of nitrogens with one attached hydrogen (secondary N) is 3. The van der Waals surface area contributed by atoms with Crippen molar-refractivity contribution in [3.05, 3.63) is 53.3 Å². The van der Waals surface area contributed by atoms with Gasteiger partial charge in [-0.3, -0.25) is 9.78 Å². The van der Waals surface area contributed by atoms with Crippen LogP contribution in [0.15, 0.2) is 42.6 Å². The van der Waals surface area contributed by atoms with E-state index in [4.69, 9.17) is 25.8 Å². The summed E-state index contributed by atoms with van der Waals surface area (Å²) in [5.41, 5.74) is 2.41. The normalized spacial score (nSPS) is 38.0. The first kappa shape index (κ1) is 28.3. The molecule has 3 unspecified atom stereocenters. The van der Waals surface area contributed by atoms with Gasteiger partial charge in [0.1, 0.15) is 18.3 Å². The second kappa shape index (κ2) is 11.4. The number of benzene rings is 1. The van der Waals surface area contributed by atoms with Crippen LogP contribution in [0.3, 0.4) is 0 Å². The number of hydrogen-bond acceptors (Lipinski definition) is 10. The maximum Gasteiger partial charge on any atom is 0.239 e. The standard InChI is InChI=1S/C27H35ClN4O7/c1-13-10-18(32-19(33)11-17-9-6-15(12-31-17)14-4-7-16(28)8-5-14)27(36)26(37-13)38-25-23(35)20(29-2)22(34)21(30-3)24(25)39-27/h4-9,12-13,18,20-26,29-30,34-36H,10-11H2,1-3H3,(H,32,33)/t13-,18-,20-,21+,22+,23+,24?,25?,26?,27+/m1/s1. The summed E-state index contributed by atoms with van der Waals surface area (Å²) in [7, 11) is 3.29. The zero-order valence-corrected chi connectivity index (χ0v) is 22.7. The highest BCUT2D eigenvalue weighted by Crippen LogP contribution is 2.42. The minimum Gasteiger partial charge on any atom is -0.390 e. The minimum atomic E-state index is -2.05. The Labute approximate surface area is 231 Å². The van der Waals surface area contributed by atoms with Gasteiger partial charge in [-0.15, -0.1) is 0 Å². The van der Waals surface area contributed by atoms with Gasteiger partial charge in [0, 0.05) is 22.5 Å². The zero-order valence-electron chi connectivity index (χ0n) is 22.0. The molecule has 1 aromatic carbocycles. The number of carbonyl (C=O) groups excluding carboxylic acids is 1. The zero-order chi connectivity index (χ0) is 27.9. The van der Waals surface area contributed by atoms with Gasteiger partial charge in [0.15, 0.2) is 0 Å². The number of pyridine rings is 1. The molecule has 12 heteroatoms. The molecule has 3 heterocycles. The van der Waals surface area contributed by atoms with Crippen LogP contribution in [0.1, 0.15) is 19.0 Å². The van der Waals surface area contributed by atoms with Crippen molar-refractivity contribution in [1.29, 1.82) is 0 Å². The molecule has 1 aromatic heterocycles. The van der Waals surface area contributed by atoms with Crippen LogP contribution in [0, 0.1) is 0 Å². The average molecular weight is 563 g/mol. The number of aromatic nitrogens is 1. The van der Waals surface area contributed by atoms with Gasteiger partial charge in [-0.1, -0.05) is 29.8 Å². The van der Waals surface area contributed by atoms with Crippen molar-refractivity contribution in [2.45, 2.75) is 80.5 Å². The predicted octanol–water partition coefficient (Wildman–Crippen LogP) is -0.0518. The Kier molecular flexibility index (Phi) is 8.25. The predicted molar refractivity (Wildman–Crippen MR) is 142 cm³/mol. The summed E-state index contributed by atoms with van der Waals surface area (Å²) in [4.78, 5) is 17.5. The van der Waals surface area contributed by atoms with E-state index < -0.39 is 54.6 Å². The molecule has 6 N–H and O–H groups in total. The van der Waals surface area contributed by atoms with Crippen molar-refractivity contribution in [3.63, 3.8) is 0 Å². The molecule has 39 heavy (non-hydrogen) atoms. The van der Waals surface area contributed by atoms with E-state index in [1.165, 1.54) is 0 Å². The number of hydrogen-bond donors (Lipinski definition) is 6. The molecular formula is C27H35ClN4O7. The molecule has 0 radical (unpaired) electrons. The number of amides is 1. The fourth-order valence-corrected chi connectivity index (χ4v) is 5.90. The number of halogens is 1. The fourth-order valence-electron chi connectivity index (χ4n) is 5.77. The summed E-state index contributed by atoms with van der Waals surface area (Å²) < 4.78 is 18.1. The first-order valence-electron chi connectivity index (χ1n) is 13.1. The maximum absolute atomic E-state index is 13.1. The lowest BCUT2D eigenvalue weighted by atomic mass is 9.79. The van der Waals surface area contributed by atoms with Crippen LogP contribution in [0.5, 0.6) is 0 Å². The van der Waals surface area contributed by atoms with E-state index in [0.717, 1.165) is 11.1 Å². The molecule has 1 aliphatic carbocycles. The Hall–Kier alpha value is -2.19. The highest BCUT2D eigenvalue weighted by molar-refractivity contribution is 6.30. The van der Waals surface area contributed by atoms with Crippen LogP contribution < -0.4 is 16.0 Å². The summed E-state index contributed by atoms with van der Waals surface area (Å²) in [5, 5.41) is 42.9. The van der Waals surface area contributed by atoms with E-state index >= 15 is 0 Å². The molecule has 0 bridgehead atoms. The molecule has 3 aliphatic rings. The maximum atomic E-state index is 13.1. The Balaban J connectivity index is 1.30. The highest BCUT2D eigenvalue weighted by Gasteiger charge is 2.63. The summed E-state index contributed by atoms with van der Waals surface area (Å²) in [5.74, 6) is -2.40. The van der Waals surface area contributed by atoms with Crippen LogP contribution in [0.25, 0.3) is 11.1 Å². The average Bonchev–Trinajstić information content (AvgIpc) is 2.90. The SMILES string of the molecule is CN[C@@H]1[C@H](O)[C@H](NC)C2O[C@]3(O)C(OC2[C@H]1O)O[C@H](C)C[C@H]3NC(=O)Cc1ccc(-c2ccc(Cl)cc2)cn1. The van der Waals surface area contributed by atoms with Crippen molar-refractivity contribution in [2.24, 2.45) is 0 Å². The number of carbonyl (C=O) groups is 1. The van der Waals surface area contributed by atoms with Gasteiger partial charge < -0.3 is 45.5 Å². The molecule has 2 aliphatic heterocycles. The third kappa shape index (κ3) is 5.43. The molecule has 2 aromatic rings. The quantitative estimate of drug-likeness (QED) is 0.282. The van der Waals surface area contributed by atoms with Gasteiger partial charge in [0.2, 0.25) is 18.0 Å². The van der Waals surface area contributed by atoms with E-state index in [2.05, 4.69) is 20.9 Å². The second-order valence-electron chi connectivity index (χ2n) is 10.4. The topological polar surface area (TPSA) is 154 Å². The minimum absolute atomic E-state index is 0.0132. The summed E-state index contributed by atoms with van der Waals surface area (Å²) in [6, 6.07) is 8.83. The van der Waals surface area contributed by atoms with E-state index in [-0.39, 0.29) is 24.9 Å². The van der Waals surface area contributed by atoms with Crippen LogP contribution in [-0.2, 0) is 25.4 Å². The Morgan fingerprint density at radius 1 is 1.03 bits per heavy atom.